The first-order valence-electron chi connectivity index (χ1n) is 4.12. The van der Waals surface area contributed by atoms with E-state index in [4.69, 9.17) is 23.2 Å². The average Bonchev–Trinajstić information content (AvgIpc) is 2.16. The fraction of sp³-hybridized carbons (Fsp3) is 0.100. The molecule has 0 saturated heterocycles. The van der Waals surface area contributed by atoms with Crippen LogP contribution in [0.15, 0.2) is 24.3 Å². The number of aromatic nitrogens is 1. The second-order valence-corrected chi connectivity index (χ2v) is 3.80. The molecule has 0 atom stereocenters. The van der Waals surface area contributed by atoms with Crippen molar-refractivity contribution in [2.75, 3.05) is 0 Å². The largest absolute Gasteiger partial charge is 0.263 e. The Morgan fingerprint density at radius 3 is 2.53 bits per heavy atom. The van der Waals surface area contributed by atoms with Crippen LogP contribution in [0.25, 0.3) is 10.9 Å². The third-order valence-corrected chi connectivity index (χ3v) is 2.51. The summed E-state index contributed by atoms with van der Waals surface area (Å²) in [5.74, 6) is 0. The Balaban J connectivity index is 2.71. The van der Waals surface area contributed by atoms with E-state index in [-0.39, 0.29) is 10.7 Å². The molecule has 1 nitrogen and oxygen atoms in total. The molecule has 1 heterocycles. The number of pyridine rings is 1. The number of hydrogen-bond donors (Lipinski definition) is 0. The zero-order valence-electron chi connectivity index (χ0n) is 7.35. The number of rotatable bonds is 1. The minimum atomic E-state index is -2.51. The summed E-state index contributed by atoms with van der Waals surface area (Å²) in [6.07, 6.45) is -2.51. The van der Waals surface area contributed by atoms with E-state index < -0.39 is 6.43 Å². The van der Waals surface area contributed by atoms with Gasteiger partial charge in [0.05, 0.1) is 10.5 Å². The molecule has 0 radical (unpaired) electrons. The van der Waals surface area contributed by atoms with Crippen molar-refractivity contribution in [2.45, 2.75) is 6.43 Å². The number of fused-ring (bicyclic) bond motifs is 1. The predicted octanol–water partition coefficient (Wildman–Crippen LogP) is 4.48. The minimum absolute atomic E-state index is 0.0754. The molecule has 1 aromatic carbocycles. The number of hydrogen-bond acceptors (Lipinski definition) is 1. The van der Waals surface area contributed by atoms with Crippen molar-refractivity contribution < 1.29 is 8.78 Å². The summed E-state index contributed by atoms with van der Waals surface area (Å²) in [6.45, 7) is 0. The monoisotopic (exact) mass is 247 g/mol. The molecule has 0 unspecified atom stereocenters. The first-order chi connectivity index (χ1) is 7.08. The van der Waals surface area contributed by atoms with Crippen LogP contribution in [0.5, 0.6) is 0 Å². The van der Waals surface area contributed by atoms with E-state index in [1.165, 1.54) is 24.3 Å². The molecular formula is C10H5Cl2F2N. The van der Waals surface area contributed by atoms with E-state index >= 15 is 0 Å². The Morgan fingerprint density at radius 2 is 1.87 bits per heavy atom. The molecule has 5 heteroatoms. The lowest BCUT2D eigenvalue weighted by Gasteiger charge is -2.04. The van der Waals surface area contributed by atoms with Crippen LogP contribution in [0.1, 0.15) is 12.0 Å². The molecule has 0 amide bonds. The summed E-state index contributed by atoms with van der Waals surface area (Å²) in [5.41, 5.74) is 0.436. The third kappa shape index (κ3) is 2.03. The van der Waals surface area contributed by atoms with Gasteiger partial charge in [0.1, 0.15) is 5.15 Å². The van der Waals surface area contributed by atoms with Gasteiger partial charge in [-0.15, -0.1) is 0 Å². The smallest absolute Gasteiger partial charge is 0.236 e. The summed E-state index contributed by atoms with van der Waals surface area (Å²) >= 11 is 11.6. The zero-order chi connectivity index (χ0) is 11.0. The maximum absolute atomic E-state index is 12.4. The Bertz CT molecular complexity index is 514. The molecule has 78 valence electrons. The van der Waals surface area contributed by atoms with E-state index in [1.807, 2.05) is 0 Å². The molecule has 0 aliphatic carbocycles. The summed E-state index contributed by atoms with van der Waals surface area (Å²) in [4.78, 5) is 3.97. The van der Waals surface area contributed by atoms with Crippen molar-refractivity contribution in [3.05, 3.63) is 40.0 Å². The standard InChI is InChI=1S/C10H5Cl2F2N/c11-7-4-9(12)15-8-2-1-5(10(13)14)3-6(7)8/h1-4,10H. The van der Waals surface area contributed by atoms with Gasteiger partial charge in [-0.3, -0.25) is 0 Å². The molecule has 1 aromatic heterocycles. The van der Waals surface area contributed by atoms with Crippen molar-refractivity contribution >= 4 is 34.1 Å². The van der Waals surface area contributed by atoms with E-state index in [0.29, 0.717) is 15.9 Å². The molecule has 0 fully saturated rings. The second-order valence-electron chi connectivity index (χ2n) is 3.00. The summed E-state index contributed by atoms with van der Waals surface area (Å²) in [5, 5.41) is 1.06. The zero-order valence-corrected chi connectivity index (χ0v) is 8.86. The van der Waals surface area contributed by atoms with E-state index in [9.17, 15) is 8.78 Å². The van der Waals surface area contributed by atoms with Crippen LogP contribution in [-0.4, -0.2) is 4.98 Å². The predicted molar refractivity (Wildman–Crippen MR) is 56.7 cm³/mol. The van der Waals surface area contributed by atoms with Crippen molar-refractivity contribution in [3.63, 3.8) is 0 Å². The summed E-state index contributed by atoms with van der Waals surface area (Å²) in [6, 6.07) is 5.55. The first-order valence-corrected chi connectivity index (χ1v) is 4.87. The van der Waals surface area contributed by atoms with Crippen LogP contribution < -0.4 is 0 Å². The molecule has 0 bridgehead atoms. The number of nitrogens with zero attached hydrogens (tertiary/aromatic N) is 1. The molecule has 0 aliphatic rings. The van der Waals surface area contributed by atoms with Gasteiger partial charge in [-0.2, -0.15) is 0 Å². The quantitative estimate of drug-likeness (QED) is 0.678. The molecule has 0 aliphatic heterocycles. The van der Waals surface area contributed by atoms with E-state index in [2.05, 4.69) is 4.98 Å². The summed E-state index contributed by atoms with van der Waals surface area (Å²) in [7, 11) is 0. The topological polar surface area (TPSA) is 12.9 Å². The Kier molecular flexibility index (Phi) is 2.76. The van der Waals surface area contributed by atoms with Crippen molar-refractivity contribution in [2.24, 2.45) is 0 Å². The Hall–Kier alpha value is -0.930. The van der Waals surface area contributed by atoms with Crippen LogP contribution in [0, 0.1) is 0 Å². The van der Waals surface area contributed by atoms with Gasteiger partial charge in [-0.1, -0.05) is 29.3 Å². The lowest BCUT2D eigenvalue weighted by atomic mass is 10.1. The van der Waals surface area contributed by atoms with Gasteiger partial charge in [0.2, 0.25) is 0 Å². The SMILES string of the molecule is FC(F)c1ccc2nc(Cl)cc(Cl)c2c1. The Labute approximate surface area is 94.6 Å². The van der Waals surface area contributed by atoms with Crippen LogP contribution in [0.3, 0.4) is 0 Å². The molecule has 0 saturated carbocycles. The highest BCUT2D eigenvalue weighted by molar-refractivity contribution is 6.37. The fourth-order valence-corrected chi connectivity index (χ4v) is 1.82. The van der Waals surface area contributed by atoms with Gasteiger partial charge in [-0.25, -0.2) is 13.8 Å². The minimum Gasteiger partial charge on any atom is -0.236 e. The highest BCUT2D eigenvalue weighted by Crippen LogP contribution is 2.29. The second kappa shape index (κ2) is 3.91. The normalized spacial score (nSPS) is 11.3. The van der Waals surface area contributed by atoms with Gasteiger partial charge in [0.15, 0.2) is 0 Å². The lowest BCUT2D eigenvalue weighted by Crippen LogP contribution is -1.87. The number of halogens is 4. The van der Waals surface area contributed by atoms with Gasteiger partial charge in [0, 0.05) is 10.9 Å². The van der Waals surface area contributed by atoms with Crippen molar-refractivity contribution in [3.8, 4) is 0 Å². The maximum atomic E-state index is 12.4. The fourth-order valence-electron chi connectivity index (χ4n) is 1.31. The van der Waals surface area contributed by atoms with Crippen LogP contribution in [0.4, 0.5) is 8.78 Å². The van der Waals surface area contributed by atoms with Gasteiger partial charge in [0.25, 0.3) is 6.43 Å². The van der Waals surface area contributed by atoms with E-state index in [0.717, 1.165) is 0 Å². The highest BCUT2D eigenvalue weighted by Gasteiger charge is 2.10. The van der Waals surface area contributed by atoms with E-state index in [1.54, 1.807) is 0 Å². The molecule has 2 aromatic rings. The first kappa shape index (κ1) is 10.6. The molecular weight excluding hydrogens is 243 g/mol. The number of alkyl halides is 2. The van der Waals surface area contributed by atoms with Gasteiger partial charge >= 0.3 is 0 Å². The maximum Gasteiger partial charge on any atom is 0.263 e. The average molecular weight is 248 g/mol. The van der Waals surface area contributed by atoms with Crippen LogP contribution >= 0.6 is 23.2 Å². The van der Waals surface area contributed by atoms with Crippen molar-refractivity contribution in [1.29, 1.82) is 0 Å². The lowest BCUT2D eigenvalue weighted by molar-refractivity contribution is 0.151. The highest BCUT2D eigenvalue weighted by atomic mass is 35.5. The molecule has 15 heavy (non-hydrogen) atoms. The summed E-state index contributed by atoms with van der Waals surface area (Å²) < 4.78 is 24.8. The molecule has 0 spiro atoms. The molecule has 2 rings (SSSR count). The van der Waals surface area contributed by atoms with Crippen LogP contribution in [0.2, 0.25) is 10.2 Å². The molecule has 0 N–H and O–H groups in total. The third-order valence-electron chi connectivity index (χ3n) is 2.00. The van der Waals surface area contributed by atoms with Gasteiger partial charge < -0.3 is 0 Å². The van der Waals surface area contributed by atoms with Crippen LogP contribution in [-0.2, 0) is 0 Å². The van der Waals surface area contributed by atoms with Crippen molar-refractivity contribution in [1.82, 2.24) is 4.98 Å². The Morgan fingerprint density at radius 1 is 1.13 bits per heavy atom. The number of benzene rings is 1. The van der Waals surface area contributed by atoms with Gasteiger partial charge in [-0.05, 0) is 18.2 Å².